The molecule has 0 heterocycles. The van der Waals surface area contributed by atoms with Gasteiger partial charge in [-0.05, 0) is 17.4 Å². The van der Waals surface area contributed by atoms with Crippen molar-refractivity contribution >= 4 is 0 Å². The van der Waals surface area contributed by atoms with E-state index < -0.39 is 0 Å². The fourth-order valence-electron chi connectivity index (χ4n) is 1.52. The summed E-state index contributed by atoms with van der Waals surface area (Å²) >= 11 is 0. The molecule has 1 aromatic rings. The third-order valence-corrected chi connectivity index (χ3v) is 3.72. The molecular weight excluding hydrogens is 229 g/mol. The molecule has 0 amide bonds. The van der Waals surface area contributed by atoms with Gasteiger partial charge in [0.05, 0.1) is 7.11 Å². The molecule has 0 aliphatic carbocycles. The lowest BCUT2D eigenvalue weighted by Gasteiger charge is -2.29. The molecule has 0 bridgehead atoms. The normalized spacial score (nSPS) is 11.9. The molecule has 0 aliphatic rings. The molecule has 0 aromatic heterocycles. The van der Waals surface area contributed by atoms with Crippen molar-refractivity contribution in [3.63, 3.8) is 0 Å². The van der Waals surface area contributed by atoms with E-state index in [9.17, 15) is 4.39 Å². The third-order valence-electron chi connectivity index (χ3n) is 3.72. The van der Waals surface area contributed by atoms with Crippen LogP contribution in [0.5, 0.6) is 5.75 Å². The summed E-state index contributed by atoms with van der Waals surface area (Å²) in [6.07, 6.45) is 0. The zero-order valence-corrected chi connectivity index (χ0v) is 12.0. The van der Waals surface area contributed by atoms with E-state index in [1.807, 2.05) is 0 Å². The van der Waals surface area contributed by atoms with Gasteiger partial charge in [-0.2, -0.15) is 0 Å². The van der Waals surface area contributed by atoms with E-state index in [-0.39, 0.29) is 11.2 Å². The van der Waals surface area contributed by atoms with Crippen molar-refractivity contribution in [1.82, 2.24) is 5.32 Å². The van der Waals surface area contributed by atoms with Crippen LogP contribution in [0.4, 0.5) is 4.39 Å². The second kappa shape index (κ2) is 6.19. The van der Waals surface area contributed by atoms with E-state index >= 15 is 0 Å². The fourth-order valence-corrected chi connectivity index (χ4v) is 1.52. The molecule has 1 aromatic carbocycles. The zero-order valence-electron chi connectivity index (χ0n) is 12.0. The van der Waals surface area contributed by atoms with Gasteiger partial charge in [-0.15, -0.1) is 0 Å². The van der Waals surface area contributed by atoms with E-state index in [0.717, 1.165) is 6.54 Å². The highest BCUT2D eigenvalue weighted by Crippen LogP contribution is 2.25. The van der Waals surface area contributed by atoms with Crippen molar-refractivity contribution in [2.45, 2.75) is 34.2 Å². The van der Waals surface area contributed by atoms with Gasteiger partial charge in [0.25, 0.3) is 0 Å². The van der Waals surface area contributed by atoms with Gasteiger partial charge < -0.3 is 10.1 Å². The first-order chi connectivity index (χ1) is 8.36. The van der Waals surface area contributed by atoms with Crippen molar-refractivity contribution < 1.29 is 9.13 Å². The number of hydrogen-bond donors (Lipinski definition) is 1. The maximum absolute atomic E-state index is 13.7. The summed E-state index contributed by atoms with van der Waals surface area (Å²) in [7, 11) is 1.54. The largest absolute Gasteiger partial charge is 0.497 e. The van der Waals surface area contributed by atoms with Crippen molar-refractivity contribution in [2.75, 3.05) is 13.7 Å². The number of ether oxygens (including phenoxy) is 1. The van der Waals surface area contributed by atoms with Gasteiger partial charge in [0, 0.05) is 24.7 Å². The maximum Gasteiger partial charge on any atom is 0.131 e. The average molecular weight is 253 g/mol. The van der Waals surface area contributed by atoms with Crippen molar-refractivity contribution in [2.24, 2.45) is 11.3 Å². The Kier molecular flexibility index (Phi) is 5.15. The molecule has 0 radical (unpaired) electrons. The van der Waals surface area contributed by atoms with E-state index in [1.54, 1.807) is 12.1 Å². The molecule has 0 unspecified atom stereocenters. The average Bonchev–Trinajstić information content (AvgIpc) is 2.30. The van der Waals surface area contributed by atoms with E-state index in [4.69, 9.17) is 4.74 Å². The molecular formula is C15H24FNO. The Balaban J connectivity index is 2.54. The van der Waals surface area contributed by atoms with Crippen molar-refractivity contribution in [3.8, 4) is 5.75 Å². The first-order valence-electron chi connectivity index (χ1n) is 6.40. The van der Waals surface area contributed by atoms with E-state index in [1.165, 1.54) is 13.2 Å². The molecule has 3 heteroatoms. The minimum Gasteiger partial charge on any atom is -0.497 e. The predicted molar refractivity (Wildman–Crippen MR) is 73.3 cm³/mol. The molecule has 0 saturated carbocycles. The second-order valence-electron chi connectivity index (χ2n) is 5.70. The predicted octanol–water partition coefficient (Wildman–Crippen LogP) is 3.61. The van der Waals surface area contributed by atoms with Gasteiger partial charge in [-0.25, -0.2) is 4.39 Å². The maximum atomic E-state index is 13.7. The minimum absolute atomic E-state index is 0.211. The van der Waals surface area contributed by atoms with Crippen LogP contribution in [0.2, 0.25) is 0 Å². The first-order valence-corrected chi connectivity index (χ1v) is 6.40. The molecule has 0 atom stereocenters. The topological polar surface area (TPSA) is 21.3 Å². The fraction of sp³-hybridized carbons (Fsp3) is 0.600. The lowest BCUT2D eigenvalue weighted by molar-refractivity contribution is 0.237. The van der Waals surface area contributed by atoms with Crippen LogP contribution in [-0.2, 0) is 6.54 Å². The van der Waals surface area contributed by atoms with Gasteiger partial charge in [0.15, 0.2) is 0 Å². The molecule has 0 spiro atoms. The molecule has 18 heavy (non-hydrogen) atoms. The summed E-state index contributed by atoms with van der Waals surface area (Å²) < 4.78 is 18.7. The second-order valence-corrected chi connectivity index (χ2v) is 5.70. The smallest absolute Gasteiger partial charge is 0.131 e. The molecule has 2 nitrogen and oxygen atoms in total. The Morgan fingerprint density at radius 2 is 2.00 bits per heavy atom. The summed E-state index contributed by atoms with van der Waals surface area (Å²) in [5.74, 6) is 0.925. The van der Waals surface area contributed by atoms with Crippen LogP contribution in [0.1, 0.15) is 33.3 Å². The van der Waals surface area contributed by atoms with Crippen molar-refractivity contribution in [1.29, 1.82) is 0 Å². The summed E-state index contributed by atoms with van der Waals surface area (Å²) in [4.78, 5) is 0. The molecule has 1 N–H and O–H groups in total. The SMILES string of the molecule is COc1ccc(CNCC(C)(C)C(C)C)c(F)c1. The highest BCUT2D eigenvalue weighted by atomic mass is 19.1. The van der Waals surface area contributed by atoms with Crippen molar-refractivity contribution in [3.05, 3.63) is 29.6 Å². The number of benzene rings is 1. The Bertz CT molecular complexity index is 388. The first kappa shape index (κ1) is 15.0. The molecule has 0 aliphatic heterocycles. The molecule has 1 rings (SSSR count). The molecule has 102 valence electrons. The quantitative estimate of drug-likeness (QED) is 0.836. The lowest BCUT2D eigenvalue weighted by Crippen LogP contribution is -2.33. The monoisotopic (exact) mass is 253 g/mol. The van der Waals surface area contributed by atoms with E-state index in [0.29, 0.717) is 23.8 Å². The van der Waals surface area contributed by atoms with Crippen LogP contribution in [0.25, 0.3) is 0 Å². The summed E-state index contributed by atoms with van der Waals surface area (Å²) in [5.41, 5.74) is 0.888. The Morgan fingerprint density at radius 3 is 2.50 bits per heavy atom. The standard InChI is InChI=1S/C15H24FNO/c1-11(2)15(3,4)10-17-9-12-6-7-13(18-5)8-14(12)16/h6-8,11,17H,9-10H2,1-5H3. The Labute approximate surface area is 110 Å². The Hall–Kier alpha value is -1.09. The van der Waals surface area contributed by atoms with Gasteiger partial charge in [-0.3, -0.25) is 0 Å². The van der Waals surface area contributed by atoms with Crippen LogP contribution in [0.3, 0.4) is 0 Å². The number of hydrogen-bond acceptors (Lipinski definition) is 2. The van der Waals surface area contributed by atoms with Crippen LogP contribution < -0.4 is 10.1 Å². The summed E-state index contributed by atoms with van der Waals surface area (Å²) in [5, 5.41) is 3.32. The summed E-state index contributed by atoms with van der Waals surface area (Å²) in [6.45, 7) is 10.3. The van der Waals surface area contributed by atoms with Crippen LogP contribution >= 0.6 is 0 Å². The van der Waals surface area contributed by atoms with Crippen LogP contribution in [0, 0.1) is 17.2 Å². The third kappa shape index (κ3) is 3.98. The number of nitrogens with one attached hydrogen (secondary N) is 1. The number of methoxy groups -OCH3 is 1. The van der Waals surface area contributed by atoms with Gasteiger partial charge >= 0.3 is 0 Å². The van der Waals surface area contributed by atoms with E-state index in [2.05, 4.69) is 33.0 Å². The van der Waals surface area contributed by atoms with Gasteiger partial charge in [0.1, 0.15) is 11.6 Å². The summed E-state index contributed by atoms with van der Waals surface area (Å²) in [6, 6.07) is 4.97. The van der Waals surface area contributed by atoms with Crippen LogP contribution in [-0.4, -0.2) is 13.7 Å². The molecule has 0 saturated heterocycles. The highest BCUT2D eigenvalue weighted by molar-refractivity contribution is 5.28. The molecule has 0 fully saturated rings. The van der Waals surface area contributed by atoms with Gasteiger partial charge in [-0.1, -0.05) is 33.8 Å². The lowest BCUT2D eigenvalue weighted by atomic mass is 9.81. The Morgan fingerprint density at radius 1 is 1.33 bits per heavy atom. The number of rotatable bonds is 6. The van der Waals surface area contributed by atoms with Crippen LogP contribution in [0.15, 0.2) is 18.2 Å². The number of halogens is 1. The van der Waals surface area contributed by atoms with Gasteiger partial charge in [0.2, 0.25) is 0 Å². The zero-order chi connectivity index (χ0) is 13.8. The highest BCUT2D eigenvalue weighted by Gasteiger charge is 2.21. The minimum atomic E-state index is -0.218.